The molecule has 0 unspecified atom stereocenters. The van der Waals surface area contributed by atoms with Crippen LogP contribution < -0.4 is 5.32 Å². The summed E-state index contributed by atoms with van der Waals surface area (Å²) in [5.41, 5.74) is 1.24. The van der Waals surface area contributed by atoms with E-state index >= 15 is 0 Å². The van der Waals surface area contributed by atoms with E-state index in [4.69, 9.17) is 0 Å². The van der Waals surface area contributed by atoms with Crippen molar-refractivity contribution in [2.24, 2.45) is 0 Å². The van der Waals surface area contributed by atoms with Crippen LogP contribution in [0.15, 0.2) is 51.8 Å². The van der Waals surface area contributed by atoms with Gasteiger partial charge in [-0.2, -0.15) is 0 Å². The topological polar surface area (TPSA) is 46.2 Å². The summed E-state index contributed by atoms with van der Waals surface area (Å²) < 4.78 is 37.1. The average molecular weight is 358 g/mol. The Morgan fingerprint density at radius 3 is 2.55 bits per heavy atom. The highest BCUT2D eigenvalue weighted by atomic mass is 79.9. The number of halogens is 2. The highest BCUT2D eigenvalue weighted by Gasteiger charge is 2.12. The Morgan fingerprint density at radius 2 is 1.90 bits per heavy atom. The number of benzene rings is 2. The molecule has 6 heteroatoms. The van der Waals surface area contributed by atoms with Crippen LogP contribution in [0, 0.1) is 5.82 Å². The van der Waals surface area contributed by atoms with Gasteiger partial charge in [-0.1, -0.05) is 18.2 Å². The summed E-state index contributed by atoms with van der Waals surface area (Å²) in [5, 5.41) is 3.02. The molecule has 0 bridgehead atoms. The van der Waals surface area contributed by atoms with Crippen molar-refractivity contribution in [2.75, 3.05) is 11.6 Å². The lowest BCUT2D eigenvalue weighted by atomic mass is 10.2. The van der Waals surface area contributed by atoms with E-state index in [0.29, 0.717) is 16.7 Å². The Hall–Kier alpha value is -1.40. The Morgan fingerprint density at radius 1 is 1.20 bits per heavy atom. The first-order chi connectivity index (χ1) is 9.38. The normalized spacial score (nSPS) is 11.3. The monoisotopic (exact) mass is 357 g/mol. The van der Waals surface area contributed by atoms with Gasteiger partial charge < -0.3 is 5.32 Å². The second kappa shape index (κ2) is 5.93. The summed E-state index contributed by atoms with van der Waals surface area (Å²) >= 11 is 3.09. The van der Waals surface area contributed by atoms with E-state index < -0.39 is 9.84 Å². The van der Waals surface area contributed by atoms with Gasteiger partial charge in [0.05, 0.1) is 15.1 Å². The first kappa shape index (κ1) is 15.0. The second-order valence-corrected chi connectivity index (χ2v) is 7.21. The summed E-state index contributed by atoms with van der Waals surface area (Å²) in [6, 6.07) is 11.4. The molecule has 0 aliphatic carbocycles. The third-order valence-electron chi connectivity index (χ3n) is 2.75. The average Bonchev–Trinajstić information content (AvgIpc) is 2.39. The van der Waals surface area contributed by atoms with Crippen LogP contribution in [-0.4, -0.2) is 14.7 Å². The van der Waals surface area contributed by atoms with Crippen LogP contribution in [0.5, 0.6) is 0 Å². The minimum atomic E-state index is -3.30. The van der Waals surface area contributed by atoms with Gasteiger partial charge in [-0.25, -0.2) is 12.8 Å². The van der Waals surface area contributed by atoms with Crippen LogP contribution >= 0.6 is 15.9 Å². The lowest BCUT2D eigenvalue weighted by Gasteiger charge is -2.11. The van der Waals surface area contributed by atoms with E-state index in [1.165, 1.54) is 6.07 Å². The maximum Gasteiger partial charge on any atom is 0.177 e. The molecule has 0 fully saturated rings. The molecule has 2 aromatic carbocycles. The Balaban J connectivity index is 2.21. The molecule has 0 atom stereocenters. The maximum atomic E-state index is 13.4. The van der Waals surface area contributed by atoms with Crippen molar-refractivity contribution in [1.82, 2.24) is 0 Å². The van der Waals surface area contributed by atoms with E-state index in [0.717, 1.165) is 11.8 Å². The van der Waals surface area contributed by atoms with Crippen molar-refractivity contribution >= 4 is 31.5 Å². The number of anilines is 1. The van der Waals surface area contributed by atoms with Gasteiger partial charge in [0, 0.05) is 12.8 Å². The quantitative estimate of drug-likeness (QED) is 0.908. The van der Waals surface area contributed by atoms with E-state index in [1.807, 2.05) is 0 Å². The maximum absolute atomic E-state index is 13.4. The van der Waals surface area contributed by atoms with E-state index in [1.54, 1.807) is 36.4 Å². The van der Waals surface area contributed by atoms with Crippen molar-refractivity contribution in [3.63, 3.8) is 0 Å². The highest BCUT2D eigenvalue weighted by molar-refractivity contribution is 9.10. The second-order valence-electron chi connectivity index (χ2n) is 4.37. The van der Waals surface area contributed by atoms with Crippen LogP contribution in [0.4, 0.5) is 10.1 Å². The van der Waals surface area contributed by atoms with Crippen molar-refractivity contribution in [3.05, 3.63) is 58.3 Å². The number of para-hydroxylation sites is 1. The molecule has 1 N–H and O–H groups in total. The molecule has 0 amide bonds. The zero-order chi connectivity index (χ0) is 14.8. The number of hydrogen-bond donors (Lipinski definition) is 1. The summed E-state index contributed by atoms with van der Waals surface area (Å²) in [4.78, 5) is 0.234. The molecule has 20 heavy (non-hydrogen) atoms. The summed E-state index contributed by atoms with van der Waals surface area (Å²) in [5.74, 6) is -0.347. The van der Waals surface area contributed by atoms with Gasteiger partial charge in [0.25, 0.3) is 0 Å². The SMILES string of the molecule is CS(=O)(=O)c1ccccc1NCc1ccc(Br)c(F)c1. The smallest absolute Gasteiger partial charge is 0.177 e. The van der Waals surface area contributed by atoms with Crippen molar-refractivity contribution in [1.29, 1.82) is 0 Å². The Bertz CT molecular complexity index is 732. The highest BCUT2D eigenvalue weighted by Crippen LogP contribution is 2.22. The van der Waals surface area contributed by atoms with Crippen LogP contribution in [-0.2, 0) is 16.4 Å². The van der Waals surface area contributed by atoms with Crippen LogP contribution in [0.1, 0.15) is 5.56 Å². The molecule has 0 heterocycles. The fourth-order valence-corrected chi connectivity index (χ4v) is 2.89. The van der Waals surface area contributed by atoms with E-state index in [2.05, 4.69) is 21.2 Å². The molecular weight excluding hydrogens is 345 g/mol. The number of rotatable bonds is 4. The zero-order valence-corrected chi connectivity index (χ0v) is 13.1. The van der Waals surface area contributed by atoms with Crippen molar-refractivity contribution in [2.45, 2.75) is 11.4 Å². The van der Waals surface area contributed by atoms with Crippen LogP contribution in [0.2, 0.25) is 0 Å². The molecule has 2 rings (SSSR count). The molecule has 106 valence electrons. The first-order valence-corrected chi connectivity index (χ1v) is 8.53. The summed E-state index contributed by atoms with van der Waals surface area (Å²) in [6.45, 7) is 0.344. The summed E-state index contributed by atoms with van der Waals surface area (Å²) in [6.07, 6.45) is 1.16. The fraction of sp³-hybridized carbons (Fsp3) is 0.143. The third kappa shape index (κ3) is 3.58. The molecule has 2 aromatic rings. The Labute approximate surface area is 125 Å². The minimum Gasteiger partial charge on any atom is -0.380 e. The van der Waals surface area contributed by atoms with Gasteiger partial charge in [-0.15, -0.1) is 0 Å². The van der Waals surface area contributed by atoms with Gasteiger partial charge in [-0.05, 0) is 45.8 Å². The largest absolute Gasteiger partial charge is 0.380 e. The molecule has 0 saturated heterocycles. The van der Waals surface area contributed by atoms with Gasteiger partial charge in [0.15, 0.2) is 9.84 Å². The molecule has 0 aliphatic rings. The third-order valence-corrected chi connectivity index (χ3v) is 4.55. The molecule has 0 aliphatic heterocycles. The molecule has 0 spiro atoms. The summed E-state index contributed by atoms with van der Waals surface area (Å²) in [7, 11) is -3.30. The molecule has 0 saturated carbocycles. The minimum absolute atomic E-state index is 0.234. The van der Waals surface area contributed by atoms with Gasteiger partial charge in [0.2, 0.25) is 0 Å². The van der Waals surface area contributed by atoms with Crippen molar-refractivity contribution < 1.29 is 12.8 Å². The van der Waals surface area contributed by atoms with E-state index in [9.17, 15) is 12.8 Å². The molecule has 0 aromatic heterocycles. The van der Waals surface area contributed by atoms with E-state index in [-0.39, 0.29) is 10.7 Å². The van der Waals surface area contributed by atoms with Crippen LogP contribution in [0.3, 0.4) is 0 Å². The fourth-order valence-electron chi connectivity index (χ4n) is 1.78. The van der Waals surface area contributed by atoms with Gasteiger partial charge in [-0.3, -0.25) is 0 Å². The lowest BCUT2D eigenvalue weighted by molar-refractivity contribution is 0.602. The standard InChI is InChI=1S/C14H13BrFNO2S/c1-20(18,19)14-5-3-2-4-13(14)17-9-10-6-7-11(15)12(16)8-10/h2-8,17H,9H2,1H3. The van der Waals surface area contributed by atoms with Crippen LogP contribution in [0.25, 0.3) is 0 Å². The lowest BCUT2D eigenvalue weighted by Crippen LogP contribution is -2.06. The predicted molar refractivity (Wildman–Crippen MR) is 81.0 cm³/mol. The van der Waals surface area contributed by atoms with Crippen molar-refractivity contribution in [3.8, 4) is 0 Å². The number of hydrogen-bond acceptors (Lipinski definition) is 3. The number of nitrogens with one attached hydrogen (secondary N) is 1. The molecule has 0 radical (unpaired) electrons. The predicted octanol–water partition coefficient (Wildman–Crippen LogP) is 3.60. The molecular formula is C14H13BrFNO2S. The Kier molecular flexibility index (Phi) is 4.45. The van der Waals surface area contributed by atoms with Gasteiger partial charge in [0.1, 0.15) is 5.82 Å². The molecule has 3 nitrogen and oxygen atoms in total. The zero-order valence-electron chi connectivity index (χ0n) is 10.7. The van der Waals surface area contributed by atoms with Gasteiger partial charge >= 0.3 is 0 Å². The first-order valence-electron chi connectivity index (χ1n) is 5.85. The number of sulfone groups is 1.